The average molecular weight is 259 g/mol. The number of hydrogen-bond acceptors (Lipinski definition) is 3. The van der Waals surface area contributed by atoms with Gasteiger partial charge >= 0.3 is 0 Å². The molecule has 2 aromatic heterocycles. The molecule has 0 unspecified atom stereocenters. The summed E-state index contributed by atoms with van der Waals surface area (Å²) in [7, 11) is 0. The molecule has 0 saturated heterocycles. The van der Waals surface area contributed by atoms with Crippen molar-refractivity contribution < 1.29 is 0 Å². The SMILES string of the molecule is C=CCn1c(CCC)nc(-c2cncn2CC)c1N. The fraction of sp³-hybridized carbons (Fsp3) is 0.429. The molecule has 19 heavy (non-hydrogen) atoms. The quantitative estimate of drug-likeness (QED) is 0.811. The summed E-state index contributed by atoms with van der Waals surface area (Å²) in [6.45, 7) is 9.54. The van der Waals surface area contributed by atoms with Gasteiger partial charge in [0, 0.05) is 19.5 Å². The number of anilines is 1. The molecule has 0 amide bonds. The van der Waals surface area contributed by atoms with Gasteiger partial charge in [0.2, 0.25) is 0 Å². The Bertz CT molecular complexity index is 564. The Morgan fingerprint density at radius 2 is 2.21 bits per heavy atom. The zero-order chi connectivity index (χ0) is 13.8. The van der Waals surface area contributed by atoms with Gasteiger partial charge in [-0.15, -0.1) is 6.58 Å². The lowest BCUT2D eigenvalue weighted by Crippen LogP contribution is -2.06. The lowest BCUT2D eigenvalue weighted by Gasteiger charge is -2.06. The minimum Gasteiger partial charge on any atom is -0.383 e. The molecular weight excluding hydrogens is 238 g/mol. The van der Waals surface area contributed by atoms with Gasteiger partial charge in [-0.2, -0.15) is 0 Å². The molecule has 0 fully saturated rings. The molecule has 2 N–H and O–H groups in total. The van der Waals surface area contributed by atoms with Crippen LogP contribution in [0.2, 0.25) is 0 Å². The number of allylic oxidation sites excluding steroid dienone is 1. The molecule has 0 bridgehead atoms. The van der Waals surface area contributed by atoms with Crippen molar-refractivity contribution in [2.45, 2.75) is 39.8 Å². The summed E-state index contributed by atoms with van der Waals surface area (Å²) in [5.74, 6) is 1.71. The van der Waals surface area contributed by atoms with E-state index in [4.69, 9.17) is 10.7 Å². The van der Waals surface area contributed by atoms with Crippen LogP contribution >= 0.6 is 0 Å². The third-order valence-electron chi connectivity index (χ3n) is 3.17. The molecule has 102 valence electrons. The van der Waals surface area contributed by atoms with Gasteiger partial charge in [0.25, 0.3) is 0 Å². The maximum atomic E-state index is 6.25. The number of nitrogens with two attached hydrogens (primary N) is 1. The summed E-state index contributed by atoms with van der Waals surface area (Å²) >= 11 is 0. The highest BCUT2D eigenvalue weighted by Gasteiger charge is 2.17. The Morgan fingerprint density at radius 3 is 2.84 bits per heavy atom. The van der Waals surface area contributed by atoms with Crippen LogP contribution in [-0.4, -0.2) is 19.1 Å². The van der Waals surface area contributed by atoms with Gasteiger partial charge in [-0.25, -0.2) is 9.97 Å². The van der Waals surface area contributed by atoms with Crippen molar-refractivity contribution in [3.63, 3.8) is 0 Å². The maximum absolute atomic E-state index is 6.25. The fourth-order valence-electron chi connectivity index (χ4n) is 2.22. The first-order valence-corrected chi connectivity index (χ1v) is 6.69. The second-order valence-corrected chi connectivity index (χ2v) is 4.48. The first-order valence-electron chi connectivity index (χ1n) is 6.69. The van der Waals surface area contributed by atoms with E-state index in [1.165, 1.54) is 0 Å². The zero-order valence-electron chi connectivity index (χ0n) is 11.6. The molecule has 2 heterocycles. The molecule has 2 rings (SSSR count). The summed E-state index contributed by atoms with van der Waals surface area (Å²) in [5.41, 5.74) is 8.04. The molecule has 5 nitrogen and oxygen atoms in total. The summed E-state index contributed by atoms with van der Waals surface area (Å²) in [5, 5.41) is 0. The van der Waals surface area contributed by atoms with Gasteiger partial charge in [-0.05, 0) is 13.3 Å². The van der Waals surface area contributed by atoms with E-state index in [9.17, 15) is 0 Å². The van der Waals surface area contributed by atoms with E-state index in [0.29, 0.717) is 12.4 Å². The first-order chi connectivity index (χ1) is 9.22. The second-order valence-electron chi connectivity index (χ2n) is 4.48. The van der Waals surface area contributed by atoms with E-state index >= 15 is 0 Å². The number of aromatic nitrogens is 4. The van der Waals surface area contributed by atoms with Crippen molar-refractivity contribution >= 4 is 5.82 Å². The molecule has 0 aliphatic heterocycles. The van der Waals surface area contributed by atoms with Crippen molar-refractivity contribution in [2.24, 2.45) is 0 Å². The molecule has 2 aromatic rings. The van der Waals surface area contributed by atoms with Crippen LogP contribution in [0.1, 0.15) is 26.1 Å². The molecule has 0 spiro atoms. The van der Waals surface area contributed by atoms with Crippen molar-refractivity contribution in [3.05, 3.63) is 31.0 Å². The van der Waals surface area contributed by atoms with Gasteiger partial charge in [-0.1, -0.05) is 13.0 Å². The van der Waals surface area contributed by atoms with Crippen LogP contribution in [0.3, 0.4) is 0 Å². The third-order valence-corrected chi connectivity index (χ3v) is 3.17. The smallest absolute Gasteiger partial charge is 0.133 e. The van der Waals surface area contributed by atoms with Crippen molar-refractivity contribution in [1.29, 1.82) is 0 Å². The van der Waals surface area contributed by atoms with E-state index in [-0.39, 0.29) is 0 Å². The topological polar surface area (TPSA) is 61.7 Å². The predicted molar refractivity (Wildman–Crippen MR) is 77.7 cm³/mol. The third kappa shape index (κ3) is 2.41. The molecule has 5 heteroatoms. The lowest BCUT2D eigenvalue weighted by molar-refractivity contribution is 0.724. The normalized spacial score (nSPS) is 10.8. The molecule has 0 aliphatic rings. The molecule has 0 radical (unpaired) electrons. The van der Waals surface area contributed by atoms with Crippen LogP contribution in [0.15, 0.2) is 25.2 Å². The van der Waals surface area contributed by atoms with E-state index in [0.717, 1.165) is 36.6 Å². The van der Waals surface area contributed by atoms with Gasteiger partial charge in [0.05, 0.1) is 18.2 Å². The van der Waals surface area contributed by atoms with Crippen LogP contribution < -0.4 is 5.73 Å². The molecule has 0 saturated carbocycles. The van der Waals surface area contributed by atoms with E-state index in [1.807, 2.05) is 21.4 Å². The van der Waals surface area contributed by atoms with Crippen molar-refractivity contribution in [2.75, 3.05) is 5.73 Å². The summed E-state index contributed by atoms with van der Waals surface area (Å²) in [4.78, 5) is 8.88. The van der Waals surface area contributed by atoms with Crippen molar-refractivity contribution in [1.82, 2.24) is 19.1 Å². The zero-order valence-corrected chi connectivity index (χ0v) is 11.6. The highest BCUT2D eigenvalue weighted by Crippen LogP contribution is 2.26. The Kier molecular flexibility index (Phi) is 4.04. The van der Waals surface area contributed by atoms with Crippen LogP contribution in [0, 0.1) is 0 Å². The predicted octanol–water partition coefficient (Wildman–Crippen LogP) is 2.49. The number of nitrogens with zero attached hydrogens (tertiary/aromatic N) is 4. The monoisotopic (exact) mass is 259 g/mol. The van der Waals surface area contributed by atoms with E-state index in [1.54, 1.807) is 6.33 Å². The molecular formula is C14H21N5. The highest BCUT2D eigenvalue weighted by molar-refractivity contribution is 5.68. The number of imidazole rings is 2. The fourth-order valence-corrected chi connectivity index (χ4v) is 2.22. The summed E-state index contributed by atoms with van der Waals surface area (Å²) < 4.78 is 4.07. The van der Waals surface area contributed by atoms with Gasteiger partial charge in [-0.3, -0.25) is 0 Å². The standard InChI is InChI=1S/C14H21N5/c1-4-7-12-17-13(14(15)19(12)8-5-2)11-9-16-10-18(11)6-3/h5,9-10H,2,4,6-8,15H2,1,3H3. The van der Waals surface area contributed by atoms with Gasteiger partial charge in [0.15, 0.2) is 0 Å². The maximum Gasteiger partial charge on any atom is 0.133 e. The highest BCUT2D eigenvalue weighted by atomic mass is 15.2. The number of aryl methyl sites for hydroxylation is 2. The van der Waals surface area contributed by atoms with Crippen LogP contribution in [0.4, 0.5) is 5.82 Å². The second kappa shape index (κ2) is 5.73. The molecule has 0 aromatic carbocycles. The minimum absolute atomic E-state index is 0.689. The Balaban J connectivity index is 2.52. The van der Waals surface area contributed by atoms with E-state index in [2.05, 4.69) is 25.4 Å². The van der Waals surface area contributed by atoms with Gasteiger partial charge in [0.1, 0.15) is 17.3 Å². The van der Waals surface area contributed by atoms with Crippen LogP contribution in [-0.2, 0) is 19.5 Å². The number of hydrogen-bond donors (Lipinski definition) is 1. The largest absolute Gasteiger partial charge is 0.383 e. The Hall–Kier alpha value is -2.04. The minimum atomic E-state index is 0.689. The van der Waals surface area contributed by atoms with Gasteiger partial charge < -0.3 is 14.9 Å². The summed E-state index contributed by atoms with van der Waals surface area (Å²) in [6.07, 6.45) is 7.42. The number of rotatable bonds is 6. The van der Waals surface area contributed by atoms with Crippen LogP contribution in [0.25, 0.3) is 11.4 Å². The first kappa shape index (κ1) is 13.4. The Morgan fingerprint density at radius 1 is 1.42 bits per heavy atom. The molecule has 0 atom stereocenters. The van der Waals surface area contributed by atoms with E-state index < -0.39 is 0 Å². The average Bonchev–Trinajstić information content (AvgIpc) is 2.98. The number of nitrogen functional groups attached to an aromatic ring is 1. The Labute approximate surface area is 113 Å². The van der Waals surface area contributed by atoms with Crippen LogP contribution in [0.5, 0.6) is 0 Å². The molecule has 0 aliphatic carbocycles. The van der Waals surface area contributed by atoms with Crippen molar-refractivity contribution in [3.8, 4) is 11.4 Å². The lowest BCUT2D eigenvalue weighted by atomic mass is 10.3. The summed E-state index contributed by atoms with van der Waals surface area (Å²) in [6, 6.07) is 0.